The lowest BCUT2D eigenvalue weighted by Gasteiger charge is -2.31. The second-order valence-corrected chi connectivity index (χ2v) is 6.00. The lowest BCUT2D eigenvalue weighted by atomic mass is 9.77. The molecule has 2 N–H and O–H groups in total. The Balaban J connectivity index is 2.02. The third kappa shape index (κ3) is 3.22. The maximum atomic E-state index is 6.24. The van der Waals surface area contributed by atoms with E-state index in [1.54, 1.807) is 0 Å². The van der Waals surface area contributed by atoms with Crippen molar-refractivity contribution >= 4 is 0 Å². The Morgan fingerprint density at radius 2 is 1.76 bits per heavy atom. The summed E-state index contributed by atoms with van der Waals surface area (Å²) in [4.78, 5) is 0. The fraction of sp³-hybridized carbons (Fsp3) is 0.600. The van der Waals surface area contributed by atoms with Crippen LogP contribution in [0.3, 0.4) is 0 Å². The first-order valence-corrected chi connectivity index (χ1v) is 6.50. The summed E-state index contributed by atoms with van der Waals surface area (Å²) in [7, 11) is 0. The van der Waals surface area contributed by atoms with Crippen LogP contribution in [-0.2, 0) is 0 Å². The molecular formula is C15H23NO. The Morgan fingerprint density at radius 3 is 2.18 bits per heavy atom. The Morgan fingerprint density at radius 1 is 1.18 bits per heavy atom. The fourth-order valence-electron chi connectivity index (χ4n) is 2.18. The van der Waals surface area contributed by atoms with Crippen molar-refractivity contribution in [3.8, 4) is 5.75 Å². The van der Waals surface area contributed by atoms with Gasteiger partial charge in [0.1, 0.15) is 11.4 Å². The molecule has 1 aliphatic carbocycles. The van der Waals surface area contributed by atoms with Crippen molar-refractivity contribution < 1.29 is 4.74 Å². The topological polar surface area (TPSA) is 35.2 Å². The van der Waals surface area contributed by atoms with Gasteiger partial charge in [0.2, 0.25) is 0 Å². The van der Waals surface area contributed by atoms with Crippen molar-refractivity contribution in [2.24, 2.45) is 11.7 Å². The quantitative estimate of drug-likeness (QED) is 0.864. The monoisotopic (exact) mass is 233 g/mol. The van der Waals surface area contributed by atoms with Crippen LogP contribution < -0.4 is 10.5 Å². The fourth-order valence-corrected chi connectivity index (χ4v) is 2.18. The van der Waals surface area contributed by atoms with Gasteiger partial charge in [-0.25, -0.2) is 0 Å². The Bertz CT molecular complexity index is 360. The lowest BCUT2D eigenvalue weighted by molar-refractivity contribution is 0.131. The van der Waals surface area contributed by atoms with Crippen LogP contribution in [-0.4, -0.2) is 5.60 Å². The molecule has 0 heterocycles. The molecule has 0 aliphatic heterocycles. The predicted molar refractivity (Wildman–Crippen MR) is 71.1 cm³/mol. The molecule has 1 aromatic rings. The van der Waals surface area contributed by atoms with Crippen molar-refractivity contribution in [2.75, 3.05) is 0 Å². The molecule has 1 aromatic carbocycles. The van der Waals surface area contributed by atoms with E-state index in [2.05, 4.69) is 32.9 Å². The maximum absolute atomic E-state index is 6.24. The molecule has 2 rings (SSSR count). The molecule has 0 aromatic heterocycles. The molecule has 1 aliphatic rings. The van der Waals surface area contributed by atoms with Crippen LogP contribution in [0.2, 0.25) is 0 Å². The van der Waals surface area contributed by atoms with E-state index in [-0.39, 0.29) is 11.6 Å². The van der Waals surface area contributed by atoms with Gasteiger partial charge in [0.15, 0.2) is 0 Å². The molecular weight excluding hydrogens is 210 g/mol. The van der Waals surface area contributed by atoms with Gasteiger partial charge in [-0.3, -0.25) is 0 Å². The van der Waals surface area contributed by atoms with Crippen LogP contribution in [0.15, 0.2) is 24.3 Å². The minimum Gasteiger partial charge on any atom is -0.488 e. The Hall–Kier alpha value is -1.02. The molecule has 0 amide bonds. The SMILES string of the molecule is CC(C)(C)Oc1ccc(C(N)C2CCC2)cc1. The van der Waals surface area contributed by atoms with Gasteiger partial charge in [0, 0.05) is 6.04 Å². The molecule has 0 radical (unpaired) electrons. The second-order valence-electron chi connectivity index (χ2n) is 6.00. The summed E-state index contributed by atoms with van der Waals surface area (Å²) in [6.07, 6.45) is 3.90. The van der Waals surface area contributed by atoms with Crippen molar-refractivity contribution in [3.05, 3.63) is 29.8 Å². The van der Waals surface area contributed by atoms with Crippen molar-refractivity contribution in [3.63, 3.8) is 0 Å². The predicted octanol–water partition coefficient (Wildman–Crippen LogP) is 3.66. The first-order valence-electron chi connectivity index (χ1n) is 6.50. The van der Waals surface area contributed by atoms with Gasteiger partial charge in [-0.15, -0.1) is 0 Å². The molecule has 2 heteroatoms. The van der Waals surface area contributed by atoms with Gasteiger partial charge in [0.25, 0.3) is 0 Å². The number of hydrogen-bond acceptors (Lipinski definition) is 2. The highest BCUT2D eigenvalue weighted by atomic mass is 16.5. The van der Waals surface area contributed by atoms with Crippen molar-refractivity contribution in [1.29, 1.82) is 0 Å². The molecule has 17 heavy (non-hydrogen) atoms. The van der Waals surface area contributed by atoms with Crippen LogP contribution >= 0.6 is 0 Å². The van der Waals surface area contributed by atoms with Gasteiger partial charge in [-0.05, 0) is 57.2 Å². The molecule has 0 spiro atoms. The van der Waals surface area contributed by atoms with Gasteiger partial charge in [0.05, 0.1) is 0 Å². The zero-order valence-electron chi connectivity index (χ0n) is 11.1. The minimum atomic E-state index is -0.141. The van der Waals surface area contributed by atoms with Crippen LogP contribution in [0.25, 0.3) is 0 Å². The summed E-state index contributed by atoms with van der Waals surface area (Å²) in [5.41, 5.74) is 7.33. The average molecular weight is 233 g/mol. The maximum Gasteiger partial charge on any atom is 0.120 e. The summed E-state index contributed by atoms with van der Waals surface area (Å²) in [5, 5.41) is 0. The third-order valence-corrected chi connectivity index (χ3v) is 3.35. The van der Waals surface area contributed by atoms with E-state index in [1.807, 2.05) is 12.1 Å². The number of ether oxygens (including phenoxy) is 1. The molecule has 1 saturated carbocycles. The largest absolute Gasteiger partial charge is 0.488 e. The van der Waals surface area contributed by atoms with Crippen LogP contribution in [0.5, 0.6) is 5.75 Å². The zero-order valence-corrected chi connectivity index (χ0v) is 11.1. The molecule has 0 saturated heterocycles. The van der Waals surface area contributed by atoms with Gasteiger partial charge >= 0.3 is 0 Å². The van der Waals surface area contributed by atoms with Crippen molar-refractivity contribution in [2.45, 2.75) is 51.7 Å². The number of benzene rings is 1. The van der Waals surface area contributed by atoms with E-state index < -0.39 is 0 Å². The highest BCUT2D eigenvalue weighted by Crippen LogP contribution is 2.36. The second kappa shape index (κ2) is 4.69. The summed E-state index contributed by atoms with van der Waals surface area (Å²) in [6.45, 7) is 6.17. The zero-order chi connectivity index (χ0) is 12.5. The Kier molecular flexibility index (Phi) is 3.43. The average Bonchev–Trinajstić information content (AvgIpc) is 2.13. The summed E-state index contributed by atoms with van der Waals surface area (Å²) in [5.74, 6) is 1.60. The van der Waals surface area contributed by atoms with Crippen molar-refractivity contribution in [1.82, 2.24) is 0 Å². The summed E-state index contributed by atoms with van der Waals surface area (Å²) < 4.78 is 5.80. The highest BCUT2D eigenvalue weighted by molar-refractivity contribution is 5.30. The Labute approximate surface area is 104 Å². The number of hydrogen-bond donors (Lipinski definition) is 1. The normalized spacial score (nSPS) is 18.6. The molecule has 94 valence electrons. The third-order valence-electron chi connectivity index (χ3n) is 3.35. The van der Waals surface area contributed by atoms with E-state index >= 15 is 0 Å². The molecule has 0 bridgehead atoms. The molecule has 2 nitrogen and oxygen atoms in total. The highest BCUT2D eigenvalue weighted by Gasteiger charge is 2.25. The van der Waals surface area contributed by atoms with E-state index in [9.17, 15) is 0 Å². The van der Waals surface area contributed by atoms with E-state index in [1.165, 1.54) is 24.8 Å². The van der Waals surface area contributed by atoms with E-state index in [0.717, 1.165) is 5.75 Å². The van der Waals surface area contributed by atoms with Crippen LogP contribution in [0, 0.1) is 5.92 Å². The standard InChI is InChI=1S/C15H23NO/c1-15(2,3)17-13-9-7-12(8-10-13)14(16)11-5-4-6-11/h7-11,14H,4-6,16H2,1-3H3. The van der Waals surface area contributed by atoms with Gasteiger partial charge in [-0.1, -0.05) is 18.6 Å². The van der Waals surface area contributed by atoms with Gasteiger partial charge in [-0.2, -0.15) is 0 Å². The molecule has 1 unspecified atom stereocenters. The first kappa shape index (κ1) is 12.4. The van der Waals surface area contributed by atoms with Crippen LogP contribution in [0.4, 0.5) is 0 Å². The number of rotatable bonds is 3. The molecule has 1 atom stereocenters. The first-order chi connectivity index (χ1) is 7.96. The summed E-state index contributed by atoms with van der Waals surface area (Å²) in [6, 6.07) is 8.46. The van der Waals surface area contributed by atoms with E-state index in [4.69, 9.17) is 10.5 Å². The number of nitrogens with two attached hydrogens (primary N) is 1. The van der Waals surface area contributed by atoms with Gasteiger partial charge < -0.3 is 10.5 Å². The molecule has 1 fully saturated rings. The van der Waals surface area contributed by atoms with Crippen LogP contribution in [0.1, 0.15) is 51.6 Å². The lowest BCUT2D eigenvalue weighted by Crippen LogP contribution is -2.27. The smallest absolute Gasteiger partial charge is 0.120 e. The minimum absolute atomic E-state index is 0.141. The van der Waals surface area contributed by atoms with E-state index in [0.29, 0.717) is 5.92 Å². The summed E-state index contributed by atoms with van der Waals surface area (Å²) >= 11 is 0.